The third kappa shape index (κ3) is 21.3. The van der Waals surface area contributed by atoms with E-state index in [1.807, 2.05) is 0 Å². The van der Waals surface area contributed by atoms with E-state index in [4.69, 9.17) is 42.6 Å². The van der Waals surface area contributed by atoms with Crippen molar-refractivity contribution in [2.45, 2.75) is 166 Å². The summed E-state index contributed by atoms with van der Waals surface area (Å²) in [4.78, 5) is 185. The number of carbonyl (C=O) groups excluding carboxylic acids is 13. The average molecular weight is 1630 g/mol. The van der Waals surface area contributed by atoms with Crippen molar-refractivity contribution in [2.24, 2.45) is 16.7 Å². The molecule has 2 bridgehead atoms. The maximum atomic E-state index is 16.0. The summed E-state index contributed by atoms with van der Waals surface area (Å²) >= 11 is 0. The van der Waals surface area contributed by atoms with Crippen LogP contribution in [0.3, 0.4) is 0 Å². The molecule has 9 rings (SSSR count). The van der Waals surface area contributed by atoms with Crippen LogP contribution in [0, 0.1) is 16.7 Å². The summed E-state index contributed by atoms with van der Waals surface area (Å²) in [6.07, 6.45) is -11.7. The van der Waals surface area contributed by atoms with Gasteiger partial charge in [-0.1, -0.05) is 148 Å². The van der Waals surface area contributed by atoms with Gasteiger partial charge >= 0.3 is 48.3 Å². The first-order valence-electron chi connectivity index (χ1n) is 38.6. The predicted octanol–water partition coefficient (Wildman–Crippen LogP) is 7.61. The lowest BCUT2D eigenvalue weighted by molar-refractivity contribution is -0.346. The Morgan fingerprint density at radius 1 is 0.653 bits per heavy atom. The molecule has 630 valence electrons. The van der Waals surface area contributed by atoms with Crippen LogP contribution in [-0.4, -0.2) is 217 Å². The number of ketones is 1. The molecular weight excluding hydrogens is 1530 g/mol. The van der Waals surface area contributed by atoms with Gasteiger partial charge in [0.2, 0.25) is 23.8 Å². The molecule has 5 aromatic carbocycles. The van der Waals surface area contributed by atoms with Crippen LogP contribution in [0.5, 0.6) is 0 Å². The zero-order valence-corrected chi connectivity index (χ0v) is 67.2. The number of Topliss-reactive ketones (excluding diaryl/α,β-unsaturated/α-hetero) is 1. The van der Waals surface area contributed by atoms with Crippen molar-refractivity contribution in [3.63, 3.8) is 0 Å². The minimum absolute atomic E-state index is 0.00821. The summed E-state index contributed by atoms with van der Waals surface area (Å²) in [5, 5.41) is 42.7. The van der Waals surface area contributed by atoms with Gasteiger partial charge in [-0.25, -0.2) is 28.8 Å². The molecule has 0 radical (unpaired) electrons. The normalized spacial score (nSPS) is 22.5. The zero-order chi connectivity index (χ0) is 85.8. The number of benzene rings is 5. The molecule has 1 aliphatic heterocycles. The van der Waals surface area contributed by atoms with Crippen molar-refractivity contribution in [2.75, 3.05) is 58.9 Å². The number of esters is 4. The molecule has 4 aliphatic rings. The van der Waals surface area contributed by atoms with Crippen LogP contribution < -0.4 is 31.9 Å². The molecule has 118 heavy (non-hydrogen) atoms. The van der Waals surface area contributed by atoms with E-state index in [0.29, 0.717) is 24.0 Å². The van der Waals surface area contributed by atoms with Crippen LogP contribution in [0.1, 0.15) is 124 Å². The fourth-order valence-corrected chi connectivity index (χ4v) is 15.3. The van der Waals surface area contributed by atoms with Gasteiger partial charge in [-0.05, 0) is 104 Å². The monoisotopic (exact) mass is 1630 g/mol. The SMILES string of the molecule is C=CCOC(=O)NCCCC[C@H](NC(=O)[C@H](Cc1ccccc1)NC(=O)[C@@H](C)NC(=O)OCC=C)C(=O)Nc1ccc(COC(=O)N(C)CCN(C)C(=O)O[C@@H](C(=O)O[C@H]2C[C@@]3(O)[C@@H](OC(=O)c4ccccc4)[C@@H]4[C@]5(OC(C)=O)CO[C@@H]5C[C@H](O)[C@@]4(C)C(=O)[C@H](OC(C)=O)C(=C2C)C3(C)C)[C@@H](NC(=O)c2ccccc2)c2ccccc2)cc1. The Bertz CT molecular complexity index is 4510. The summed E-state index contributed by atoms with van der Waals surface area (Å²) in [5.41, 5.74) is -6.83. The quantitative estimate of drug-likeness (QED) is 0.00849. The second-order valence-electron chi connectivity index (χ2n) is 30.2. The number of aliphatic hydroxyl groups excluding tert-OH is 1. The van der Waals surface area contributed by atoms with Crippen molar-refractivity contribution in [3.8, 4) is 0 Å². The molecule has 32 heteroatoms. The highest BCUT2D eigenvalue weighted by Gasteiger charge is 2.78. The molecule has 3 fully saturated rings. The molecule has 5 aromatic rings. The van der Waals surface area contributed by atoms with Gasteiger partial charge in [0.15, 0.2) is 17.5 Å². The molecule has 0 aromatic heterocycles. The lowest BCUT2D eigenvalue weighted by Gasteiger charge is -2.67. The summed E-state index contributed by atoms with van der Waals surface area (Å²) in [6, 6.07) is 33.3. The topological polar surface area (TPSA) is 424 Å². The smallest absolute Gasteiger partial charge is 0.410 e. The molecule has 14 atom stereocenters. The number of amides is 8. The second-order valence-corrected chi connectivity index (χ2v) is 30.2. The number of rotatable bonds is 34. The Morgan fingerprint density at radius 2 is 1.24 bits per heavy atom. The molecular formula is C86H102N8O24. The third-order valence-corrected chi connectivity index (χ3v) is 21.8. The fraction of sp³-hybridized carbons (Fsp3) is 0.430. The van der Waals surface area contributed by atoms with Gasteiger partial charge in [-0.15, -0.1) is 0 Å². The predicted molar refractivity (Wildman–Crippen MR) is 424 cm³/mol. The van der Waals surface area contributed by atoms with Crippen LogP contribution in [0.25, 0.3) is 0 Å². The second kappa shape index (κ2) is 40.0. The highest BCUT2D eigenvalue weighted by Crippen LogP contribution is 2.64. The lowest BCUT2D eigenvalue weighted by atomic mass is 9.44. The highest BCUT2D eigenvalue weighted by atomic mass is 16.6. The summed E-state index contributed by atoms with van der Waals surface area (Å²) in [7, 11) is 2.70. The maximum absolute atomic E-state index is 16.0. The highest BCUT2D eigenvalue weighted by molar-refractivity contribution is 6.00. The van der Waals surface area contributed by atoms with E-state index in [2.05, 4.69) is 45.1 Å². The number of alkyl carbamates (subject to hydrolysis) is 2. The summed E-state index contributed by atoms with van der Waals surface area (Å²) in [6.45, 7) is 15.3. The van der Waals surface area contributed by atoms with E-state index in [1.165, 1.54) is 97.3 Å². The molecule has 8 amide bonds. The van der Waals surface area contributed by atoms with Gasteiger partial charge in [0.05, 0.1) is 29.6 Å². The van der Waals surface area contributed by atoms with Gasteiger partial charge in [0, 0.05) is 83.5 Å². The Hall–Kier alpha value is -12.3. The van der Waals surface area contributed by atoms with Crippen molar-refractivity contribution in [3.05, 3.63) is 210 Å². The molecule has 0 spiro atoms. The van der Waals surface area contributed by atoms with E-state index in [9.17, 15) is 63.0 Å². The standard InChI is InChI=1S/C86H102N8O24/c1-12-44-110-79(105)87-41-27-26-36-61(90-76(102)62(46-55-28-18-14-19-29-55)91-73(99)52(4)88-80(106)111-45-13-2)75(101)89-60-39-37-56(38-40-60)49-112-81(107)93(10)42-43-94(11)82(108)116-69(67(57-30-20-15-21-31-57)92-74(100)58-32-22-16-23-33-58)78(104)115-63-48-86(109)72(117-77(103)59-34-24-17-25-35-59)70-84(9,64(97)47-65-85(70,50-113-65)118-54(6)96)71(98)68(114-53(5)95)66(51(63)3)83(86,7)8/h12-25,28-35,37-40,52,61-65,67-70,72,97,109H,1-2,26-27,36,41-50H2,3-11H3,(H,87,105)(H,88,106)(H,89,101)(H,90,102)(H,91,99)(H,92,100)/t52-,61+,62+,63+,64+,65-,67+,68-,69-,70+,72+,84-,85+,86-/m1/s1. The summed E-state index contributed by atoms with van der Waals surface area (Å²) in [5.74, 6) is -9.67. The van der Waals surface area contributed by atoms with Crippen molar-refractivity contribution >= 4 is 83.3 Å². The molecule has 0 unspecified atom stereocenters. The van der Waals surface area contributed by atoms with Gasteiger partial charge in [-0.2, -0.15) is 0 Å². The first kappa shape index (κ1) is 89.6. The van der Waals surface area contributed by atoms with Crippen LogP contribution >= 0.6 is 0 Å². The zero-order valence-electron chi connectivity index (χ0n) is 67.2. The molecule has 1 heterocycles. The minimum atomic E-state index is -2.58. The van der Waals surface area contributed by atoms with Crippen LogP contribution in [0.4, 0.5) is 24.9 Å². The Labute approximate surface area is 683 Å². The number of hydrogen-bond acceptors (Lipinski definition) is 24. The van der Waals surface area contributed by atoms with E-state index in [-0.39, 0.29) is 92.2 Å². The first-order chi connectivity index (χ1) is 56.2. The van der Waals surface area contributed by atoms with Crippen LogP contribution in [0.15, 0.2) is 182 Å². The van der Waals surface area contributed by atoms with E-state index in [1.54, 1.807) is 109 Å². The molecule has 8 N–H and O–H groups in total. The number of fused-ring (bicyclic) bond motifs is 5. The largest absolute Gasteiger partial charge is 0.455 e. The Morgan fingerprint density at radius 3 is 1.83 bits per heavy atom. The molecule has 2 saturated carbocycles. The first-order valence-corrected chi connectivity index (χ1v) is 38.6. The van der Waals surface area contributed by atoms with E-state index >= 15 is 9.59 Å². The molecule has 32 nitrogen and oxygen atoms in total. The molecule has 1 saturated heterocycles. The number of nitrogens with one attached hydrogen (secondary N) is 6. The number of nitrogens with zero attached hydrogens (tertiary/aromatic N) is 2. The van der Waals surface area contributed by atoms with Gasteiger partial charge < -0.3 is 94.5 Å². The van der Waals surface area contributed by atoms with E-state index < -0.39 is 179 Å². The van der Waals surface area contributed by atoms with Crippen molar-refractivity contribution in [1.82, 2.24) is 36.4 Å². The average Bonchev–Trinajstić information content (AvgIpc) is 0.668. The van der Waals surface area contributed by atoms with E-state index in [0.717, 1.165) is 23.6 Å². The Kier molecular flexibility index (Phi) is 30.4. The van der Waals surface area contributed by atoms with Crippen molar-refractivity contribution < 1.29 is 115 Å². The summed E-state index contributed by atoms with van der Waals surface area (Å²) < 4.78 is 53.0. The number of unbranched alkanes of at least 4 members (excludes halogenated alkanes) is 1. The number of likely N-dealkylation sites (N-methyl/N-ethyl adjacent to an activating group) is 2. The van der Waals surface area contributed by atoms with Gasteiger partial charge in [0.1, 0.15) is 67.9 Å². The number of ether oxygens (including phenoxy) is 9. The van der Waals surface area contributed by atoms with Gasteiger partial charge in [-0.3, -0.25) is 33.6 Å². The molecule has 3 aliphatic carbocycles. The van der Waals surface area contributed by atoms with Crippen LogP contribution in [-0.2, 0) is 89.2 Å². The fourth-order valence-electron chi connectivity index (χ4n) is 15.3. The van der Waals surface area contributed by atoms with Crippen LogP contribution in [0.2, 0.25) is 0 Å². The lowest BCUT2D eigenvalue weighted by Crippen LogP contribution is -2.82. The number of hydrogen-bond donors (Lipinski definition) is 8. The minimum Gasteiger partial charge on any atom is -0.455 e. The van der Waals surface area contributed by atoms with Gasteiger partial charge in [0.25, 0.3) is 5.91 Å². The van der Waals surface area contributed by atoms with Crippen molar-refractivity contribution in [1.29, 1.82) is 0 Å². The number of carbonyl (C=O) groups is 13. The third-order valence-electron chi connectivity index (χ3n) is 21.8. The number of anilines is 1. The maximum Gasteiger partial charge on any atom is 0.410 e. The Balaban J connectivity index is 0.932. The number of aliphatic hydroxyl groups is 2.